The quantitative estimate of drug-likeness (QED) is 0.523. The van der Waals surface area contributed by atoms with Gasteiger partial charge in [0.1, 0.15) is 0 Å². The Morgan fingerprint density at radius 1 is 0.950 bits per heavy atom. The van der Waals surface area contributed by atoms with Gasteiger partial charge in [-0.25, -0.2) is 0 Å². The molecule has 1 atom stereocenters. The Morgan fingerprint density at radius 3 is 1.95 bits per heavy atom. The van der Waals surface area contributed by atoms with Crippen LogP contribution in [-0.4, -0.2) is 49.3 Å². The van der Waals surface area contributed by atoms with Crippen LogP contribution in [0.25, 0.3) is 0 Å². The van der Waals surface area contributed by atoms with E-state index in [4.69, 9.17) is 4.74 Å². The minimum absolute atomic E-state index is 0.215. The molecule has 0 radical (unpaired) electrons. The molecule has 122 valence electrons. The van der Waals surface area contributed by atoms with Crippen molar-refractivity contribution >= 4 is 0 Å². The van der Waals surface area contributed by atoms with Gasteiger partial charge in [0, 0.05) is 18.2 Å². The number of rotatable bonds is 13. The maximum absolute atomic E-state index is 5.90. The predicted octanol–water partition coefficient (Wildman–Crippen LogP) is 3.68. The predicted molar refractivity (Wildman–Crippen MR) is 89.4 cm³/mol. The van der Waals surface area contributed by atoms with E-state index >= 15 is 0 Å². The van der Waals surface area contributed by atoms with Gasteiger partial charge in [0.15, 0.2) is 0 Å². The Balaban J connectivity index is 5.04. The van der Waals surface area contributed by atoms with E-state index < -0.39 is 0 Å². The average Bonchev–Trinajstić information content (AvgIpc) is 2.49. The highest BCUT2D eigenvalue weighted by Gasteiger charge is 2.39. The molecule has 0 spiro atoms. The summed E-state index contributed by atoms with van der Waals surface area (Å²) < 4.78 is 5.90. The average molecular weight is 287 g/mol. The van der Waals surface area contributed by atoms with Crippen molar-refractivity contribution in [2.75, 3.05) is 32.8 Å². The maximum atomic E-state index is 5.90. The molecule has 0 aromatic heterocycles. The second-order valence-corrected chi connectivity index (χ2v) is 5.56. The molecule has 0 aromatic carbocycles. The van der Waals surface area contributed by atoms with Crippen molar-refractivity contribution in [3.05, 3.63) is 0 Å². The molecule has 3 nitrogen and oxygen atoms in total. The fraction of sp³-hybridized carbons (Fsp3) is 1.00. The summed E-state index contributed by atoms with van der Waals surface area (Å²) in [5.74, 6) is 0. The van der Waals surface area contributed by atoms with Crippen LogP contribution in [0.15, 0.2) is 0 Å². The molecule has 0 saturated heterocycles. The number of hydrogen-bond acceptors (Lipinski definition) is 3. The first-order valence-electron chi connectivity index (χ1n) is 8.72. The Bertz CT molecular complexity index is 213. The smallest absolute Gasteiger partial charge is 0.0637 e. The molecule has 0 fully saturated rings. The van der Waals surface area contributed by atoms with Gasteiger partial charge in [0.2, 0.25) is 0 Å². The molecule has 20 heavy (non-hydrogen) atoms. The topological polar surface area (TPSA) is 24.5 Å². The number of ether oxygens (including phenoxy) is 1. The molecule has 3 heteroatoms. The van der Waals surface area contributed by atoms with Crippen molar-refractivity contribution in [1.82, 2.24) is 10.2 Å². The van der Waals surface area contributed by atoms with Gasteiger partial charge < -0.3 is 10.1 Å². The zero-order valence-corrected chi connectivity index (χ0v) is 14.8. The Morgan fingerprint density at radius 2 is 1.55 bits per heavy atom. The van der Waals surface area contributed by atoms with Crippen molar-refractivity contribution in [3.8, 4) is 0 Å². The Kier molecular flexibility index (Phi) is 11.5. The van der Waals surface area contributed by atoms with Gasteiger partial charge >= 0.3 is 0 Å². The lowest BCUT2D eigenvalue weighted by atomic mass is 9.82. The second-order valence-electron chi connectivity index (χ2n) is 5.56. The molecule has 0 aliphatic rings. The Labute approximate surface area is 127 Å². The highest BCUT2D eigenvalue weighted by atomic mass is 16.5. The third-order valence-corrected chi connectivity index (χ3v) is 4.54. The lowest BCUT2D eigenvalue weighted by Gasteiger charge is -2.48. The van der Waals surface area contributed by atoms with Crippen molar-refractivity contribution in [3.63, 3.8) is 0 Å². The van der Waals surface area contributed by atoms with Crippen LogP contribution in [0.2, 0.25) is 0 Å². The van der Waals surface area contributed by atoms with E-state index in [1.165, 1.54) is 19.3 Å². The number of likely N-dealkylation sites (N-methyl/N-ethyl adjacent to an activating group) is 1. The van der Waals surface area contributed by atoms with E-state index in [-0.39, 0.29) is 5.54 Å². The third-order valence-electron chi connectivity index (χ3n) is 4.54. The van der Waals surface area contributed by atoms with Crippen LogP contribution in [0.5, 0.6) is 0 Å². The highest BCUT2D eigenvalue weighted by molar-refractivity contribution is 4.98. The maximum Gasteiger partial charge on any atom is 0.0637 e. The van der Waals surface area contributed by atoms with Gasteiger partial charge in [-0.05, 0) is 45.3 Å². The van der Waals surface area contributed by atoms with Crippen molar-refractivity contribution in [2.45, 2.75) is 78.8 Å². The lowest BCUT2D eigenvalue weighted by molar-refractivity contribution is 0.00391. The SMILES string of the molecule is CCCNC(COCCC)C(CC)(CC)N(CC)CC. The second kappa shape index (κ2) is 11.5. The van der Waals surface area contributed by atoms with Gasteiger partial charge in [-0.1, -0.05) is 41.5 Å². The molecular weight excluding hydrogens is 248 g/mol. The third kappa shape index (κ3) is 5.34. The van der Waals surface area contributed by atoms with Crippen LogP contribution in [0, 0.1) is 0 Å². The molecule has 0 saturated carbocycles. The number of nitrogens with zero attached hydrogens (tertiary/aromatic N) is 1. The fourth-order valence-corrected chi connectivity index (χ4v) is 3.33. The zero-order chi connectivity index (χ0) is 15.4. The molecular formula is C17H38N2O. The summed E-state index contributed by atoms with van der Waals surface area (Å²) >= 11 is 0. The van der Waals surface area contributed by atoms with E-state index in [0.717, 1.165) is 39.3 Å². The lowest BCUT2D eigenvalue weighted by Crippen LogP contribution is -2.62. The van der Waals surface area contributed by atoms with Gasteiger partial charge in [-0.15, -0.1) is 0 Å². The first kappa shape index (κ1) is 19.9. The first-order chi connectivity index (χ1) is 9.66. The number of nitrogens with one attached hydrogen (secondary N) is 1. The van der Waals surface area contributed by atoms with Gasteiger partial charge in [0.25, 0.3) is 0 Å². The van der Waals surface area contributed by atoms with Crippen LogP contribution in [0.4, 0.5) is 0 Å². The zero-order valence-electron chi connectivity index (χ0n) is 14.8. The highest BCUT2D eigenvalue weighted by Crippen LogP contribution is 2.28. The standard InChI is InChI=1S/C17H38N2O/c1-7-13-18-16(15-20-14-8-2)17(9-3,10-4)19(11-5)12-6/h16,18H,7-15H2,1-6H3. The summed E-state index contributed by atoms with van der Waals surface area (Å²) in [6.07, 6.45) is 4.60. The van der Waals surface area contributed by atoms with Gasteiger partial charge in [0.05, 0.1) is 6.61 Å². The summed E-state index contributed by atoms with van der Waals surface area (Å²) in [5.41, 5.74) is 0.215. The normalized spacial score (nSPS) is 13.9. The molecule has 0 heterocycles. The minimum Gasteiger partial charge on any atom is -0.380 e. The van der Waals surface area contributed by atoms with Gasteiger partial charge in [-0.3, -0.25) is 4.90 Å². The summed E-state index contributed by atoms with van der Waals surface area (Å²) in [4.78, 5) is 2.62. The monoisotopic (exact) mass is 286 g/mol. The molecule has 1 N–H and O–H groups in total. The van der Waals surface area contributed by atoms with E-state index in [9.17, 15) is 0 Å². The van der Waals surface area contributed by atoms with Crippen molar-refractivity contribution < 1.29 is 4.74 Å². The largest absolute Gasteiger partial charge is 0.380 e. The summed E-state index contributed by atoms with van der Waals surface area (Å²) in [5, 5.41) is 3.75. The Hall–Kier alpha value is -0.120. The summed E-state index contributed by atoms with van der Waals surface area (Å²) in [6.45, 7) is 18.6. The van der Waals surface area contributed by atoms with Crippen molar-refractivity contribution in [1.29, 1.82) is 0 Å². The number of hydrogen-bond donors (Lipinski definition) is 1. The molecule has 0 aliphatic carbocycles. The molecule has 0 bridgehead atoms. The van der Waals surface area contributed by atoms with Crippen molar-refractivity contribution in [2.24, 2.45) is 0 Å². The van der Waals surface area contributed by atoms with Crippen LogP contribution >= 0.6 is 0 Å². The molecule has 0 amide bonds. The van der Waals surface area contributed by atoms with Crippen LogP contribution in [-0.2, 0) is 4.74 Å². The van der Waals surface area contributed by atoms with E-state index in [2.05, 4.69) is 51.8 Å². The van der Waals surface area contributed by atoms with Crippen LogP contribution in [0.3, 0.4) is 0 Å². The summed E-state index contributed by atoms with van der Waals surface area (Å²) in [7, 11) is 0. The molecule has 0 aliphatic heterocycles. The first-order valence-corrected chi connectivity index (χ1v) is 8.72. The molecule has 0 rings (SSSR count). The fourth-order valence-electron chi connectivity index (χ4n) is 3.33. The van der Waals surface area contributed by atoms with E-state index in [1.807, 2.05) is 0 Å². The van der Waals surface area contributed by atoms with Crippen LogP contribution in [0.1, 0.15) is 67.2 Å². The van der Waals surface area contributed by atoms with E-state index in [1.54, 1.807) is 0 Å². The summed E-state index contributed by atoms with van der Waals surface area (Å²) in [6, 6.07) is 0.420. The van der Waals surface area contributed by atoms with Gasteiger partial charge in [-0.2, -0.15) is 0 Å². The van der Waals surface area contributed by atoms with Crippen LogP contribution < -0.4 is 5.32 Å². The van der Waals surface area contributed by atoms with E-state index in [0.29, 0.717) is 6.04 Å². The minimum atomic E-state index is 0.215. The molecule has 0 aromatic rings. The molecule has 1 unspecified atom stereocenters.